The highest BCUT2D eigenvalue weighted by atomic mass is 16.4. The monoisotopic (exact) mass is 329 g/mol. The van der Waals surface area contributed by atoms with Crippen molar-refractivity contribution in [2.75, 3.05) is 13.1 Å². The summed E-state index contributed by atoms with van der Waals surface area (Å²) in [4.78, 5) is 26.1. The number of carbonyl (C=O) groups is 2. The number of piperidine rings is 1. The molecule has 1 amide bonds. The normalized spacial score (nSPS) is 24.9. The third-order valence-electron chi connectivity index (χ3n) is 5.74. The van der Waals surface area contributed by atoms with E-state index in [4.69, 9.17) is 0 Å². The van der Waals surface area contributed by atoms with E-state index in [9.17, 15) is 14.7 Å². The highest BCUT2D eigenvalue weighted by Crippen LogP contribution is 2.36. The summed E-state index contributed by atoms with van der Waals surface area (Å²) in [5.41, 5.74) is 0.976. The van der Waals surface area contributed by atoms with Gasteiger partial charge in [-0.3, -0.25) is 9.59 Å². The summed E-state index contributed by atoms with van der Waals surface area (Å²) in [5, 5.41) is 9.50. The summed E-state index contributed by atoms with van der Waals surface area (Å²) >= 11 is 0. The van der Waals surface area contributed by atoms with Crippen LogP contribution in [0.15, 0.2) is 30.3 Å². The zero-order valence-electron chi connectivity index (χ0n) is 14.2. The van der Waals surface area contributed by atoms with Crippen LogP contribution in [0.25, 0.3) is 0 Å². The molecule has 0 spiro atoms. The van der Waals surface area contributed by atoms with Crippen LogP contribution in [0, 0.1) is 17.8 Å². The predicted molar refractivity (Wildman–Crippen MR) is 92.5 cm³/mol. The van der Waals surface area contributed by atoms with Crippen molar-refractivity contribution in [1.29, 1.82) is 0 Å². The standard InChI is InChI=1S/C20H27NO3/c22-19(21-11-10-16-8-4-5-9-17(16)14-21)13-18(20(23)24)12-15-6-2-1-3-7-15/h1-3,6-7,16-18H,4-5,8-14H2,(H,23,24). The Kier molecular flexibility index (Phi) is 5.54. The molecule has 3 atom stereocenters. The van der Waals surface area contributed by atoms with Crippen LogP contribution in [0.3, 0.4) is 0 Å². The average Bonchev–Trinajstić information content (AvgIpc) is 2.61. The molecule has 1 N–H and O–H groups in total. The molecule has 1 aliphatic carbocycles. The number of nitrogens with zero attached hydrogens (tertiary/aromatic N) is 1. The number of carboxylic acids is 1. The fourth-order valence-electron chi connectivity index (χ4n) is 4.31. The molecule has 3 unspecified atom stereocenters. The van der Waals surface area contributed by atoms with E-state index < -0.39 is 11.9 Å². The number of aliphatic carboxylic acids is 1. The molecule has 0 bridgehead atoms. The number of benzene rings is 1. The Labute approximate surface area is 143 Å². The van der Waals surface area contributed by atoms with E-state index in [1.165, 1.54) is 25.7 Å². The Bertz CT molecular complexity index is 572. The number of carboxylic acid groups (broad SMARTS) is 1. The molecule has 1 saturated heterocycles. The van der Waals surface area contributed by atoms with Crippen molar-refractivity contribution in [3.63, 3.8) is 0 Å². The molecule has 4 heteroatoms. The molecule has 24 heavy (non-hydrogen) atoms. The lowest BCUT2D eigenvalue weighted by molar-refractivity contribution is -0.146. The first-order valence-corrected chi connectivity index (χ1v) is 9.18. The van der Waals surface area contributed by atoms with Crippen LogP contribution in [0.2, 0.25) is 0 Å². The van der Waals surface area contributed by atoms with E-state index >= 15 is 0 Å². The van der Waals surface area contributed by atoms with Gasteiger partial charge in [-0.15, -0.1) is 0 Å². The molecule has 3 rings (SSSR count). The lowest BCUT2D eigenvalue weighted by atomic mass is 9.75. The van der Waals surface area contributed by atoms with Crippen molar-refractivity contribution in [2.45, 2.75) is 44.9 Å². The van der Waals surface area contributed by atoms with E-state index in [2.05, 4.69) is 0 Å². The molecule has 0 radical (unpaired) electrons. The Morgan fingerprint density at radius 1 is 1.08 bits per heavy atom. The molecule has 1 aliphatic heterocycles. The van der Waals surface area contributed by atoms with Gasteiger partial charge in [0, 0.05) is 19.5 Å². The van der Waals surface area contributed by atoms with Crippen molar-refractivity contribution in [1.82, 2.24) is 4.90 Å². The van der Waals surface area contributed by atoms with E-state index in [-0.39, 0.29) is 12.3 Å². The molecule has 130 valence electrons. The molecule has 2 aliphatic rings. The van der Waals surface area contributed by atoms with Crippen molar-refractivity contribution in [2.24, 2.45) is 17.8 Å². The van der Waals surface area contributed by atoms with Crippen LogP contribution >= 0.6 is 0 Å². The summed E-state index contributed by atoms with van der Waals surface area (Å²) in [7, 11) is 0. The first-order valence-electron chi connectivity index (χ1n) is 9.18. The second-order valence-electron chi connectivity index (χ2n) is 7.36. The number of amides is 1. The van der Waals surface area contributed by atoms with Crippen LogP contribution in [0.5, 0.6) is 0 Å². The quantitative estimate of drug-likeness (QED) is 0.901. The van der Waals surface area contributed by atoms with Crippen molar-refractivity contribution >= 4 is 11.9 Å². The summed E-state index contributed by atoms with van der Waals surface area (Å²) in [6, 6.07) is 9.58. The molecule has 2 fully saturated rings. The molecule has 1 aromatic rings. The predicted octanol–water partition coefficient (Wildman–Crippen LogP) is 3.36. The molecule has 1 aromatic carbocycles. The first kappa shape index (κ1) is 17.0. The minimum Gasteiger partial charge on any atom is -0.481 e. The van der Waals surface area contributed by atoms with Crippen molar-refractivity contribution in [3.05, 3.63) is 35.9 Å². The summed E-state index contributed by atoms with van der Waals surface area (Å²) in [5.74, 6) is -0.0812. The third kappa shape index (κ3) is 4.16. The maximum atomic E-state index is 12.6. The van der Waals surface area contributed by atoms with Crippen molar-refractivity contribution in [3.8, 4) is 0 Å². The van der Waals surface area contributed by atoms with Gasteiger partial charge in [0.05, 0.1) is 5.92 Å². The van der Waals surface area contributed by atoms with Crippen LogP contribution < -0.4 is 0 Å². The summed E-state index contributed by atoms with van der Waals surface area (Å²) < 4.78 is 0. The van der Waals surface area contributed by atoms with Gasteiger partial charge in [0.1, 0.15) is 0 Å². The number of carbonyl (C=O) groups excluding carboxylic acids is 1. The Morgan fingerprint density at radius 2 is 1.79 bits per heavy atom. The van der Waals surface area contributed by atoms with Gasteiger partial charge in [-0.05, 0) is 36.7 Å². The van der Waals surface area contributed by atoms with E-state index in [1.54, 1.807) is 0 Å². The number of hydrogen-bond acceptors (Lipinski definition) is 2. The molecule has 4 nitrogen and oxygen atoms in total. The molecule has 0 aromatic heterocycles. The molecule has 1 heterocycles. The summed E-state index contributed by atoms with van der Waals surface area (Å²) in [6.45, 7) is 1.64. The van der Waals surface area contributed by atoms with Crippen LogP contribution in [-0.4, -0.2) is 35.0 Å². The number of hydrogen-bond donors (Lipinski definition) is 1. The maximum absolute atomic E-state index is 12.6. The minimum absolute atomic E-state index is 0.0161. The molecule has 1 saturated carbocycles. The first-order chi connectivity index (χ1) is 11.6. The van der Waals surface area contributed by atoms with E-state index in [1.807, 2.05) is 35.2 Å². The maximum Gasteiger partial charge on any atom is 0.307 e. The molecular weight excluding hydrogens is 302 g/mol. The van der Waals surface area contributed by atoms with Crippen LogP contribution in [0.4, 0.5) is 0 Å². The summed E-state index contributed by atoms with van der Waals surface area (Å²) in [6.07, 6.45) is 6.75. The lowest BCUT2D eigenvalue weighted by Crippen LogP contribution is -2.45. The SMILES string of the molecule is O=C(O)C(CC(=O)N1CCC2CCCCC2C1)Cc1ccccc1. The van der Waals surface area contributed by atoms with Crippen LogP contribution in [0.1, 0.15) is 44.1 Å². The van der Waals surface area contributed by atoms with Crippen molar-refractivity contribution < 1.29 is 14.7 Å². The zero-order valence-corrected chi connectivity index (χ0v) is 14.2. The smallest absolute Gasteiger partial charge is 0.307 e. The fraction of sp³-hybridized carbons (Fsp3) is 0.600. The van der Waals surface area contributed by atoms with Gasteiger partial charge in [0.2, 0.25) is 5.91 Å². The Balaban J connectivity index is 1.58. The highest BCUT2D eigenvalue weighted by Gasteiger charge is 2.34. The van der Waals surface area contributed by atoms with E-state index in [0.29, 0.717) is 12.3 Å². The van der Waals surface area contributed by atoms with Gasteiger partial charge in [-0.1, -0.05) is 49.6 Å². The molecular formula is C20H27NO3. The zero-order chi connectivity index (χ0) is 16.9. The van der Waals surface area contributed by atoms with Gasteiger partial charge in [-0.25, -0.2) is 0 Å². The largest absolute Gasteiger partial charge is 0.481 e. The number of fused-ring (bicyclic) bond motifs is 1. The third-order valence-corrected chi connectivity index (χ3v) is 5.74. The van der Waals surface area contributed by atoms with E-state index in [0.717, 1.165) is 31.0 Å². The van der Waals surface area contributed by atoms with Gasteiger partial charge >= 0.3 is 5.97 Å². The second-order valence-corrected chi connectivity index (χ2v) is 7.36. The Morgan fingerprint density at radius 3 is 2.50 bits per heavy atom. The van der Waals surface area contributed by atoms with Gasteiger partial charge in [-0.2, -0.15) is 0 Å². The minimum atomic E-state index is -0.875. The fourth-order valence-corrected chi connectivity index (χ4v) is 4.31. The Hall–Kier alpha value is -1.84. The van der Waals surface area contributed by atoms with Gasteiger partial charge < -0.3 is 10.0 Å². The number of likely N-dealkylation sites (tertiary alicyclic amines) is 1. The van der Waals surface area contributed by atoms with Gasteiger partial charge in [0.15, 0.2) is 0 Å². The topological polar surface area (TPSA) is 57.6 Å². The second kappa shape index (κ2) is 7.82. The lowest BCUT2D eigenvalue weighted by Gasteiger charge is -2.41. The average molecular weight is 329 g/mol. The number of rotatable bonds is 5. The highest BCUT2D eigenvalue weighted by molar-refractivity contribution is 5.82. The van der Waals surface area contributed by atoms with Gasteiger partial charge in [0.25, 0.3) is 0 Å². The van der Waals surface area contributed by atoms with Crippen LogP contribution in [-0.2, 0) is 16.0 Å².